The van der Waals surface area contributed by atoms with Crippen LogP contribution in [0.4, 0.5) is 5.82 Å². The van der Waals surface area contributed by atoms with Crippen molar-refractivity contribution in [3.8, 4) is 5.95 Å². The number of nitrogens with zero attached hydrogens (tertiary/aromatic N) is 3. The molecular formula is C17H18N5O4-. The van der Waals surface area contributed by atoms with Gasteiger partial charge < -0.3 is 15.2 Å². The fourth-order valence-corrected chi connectivity index (χ4v) is 3.00. The van der Waals surface area contributed by atoms with Crippen LogP contribution in [-0.4, -0.2) is 31.6 Å². The van der Waals surface area contributed by atoms with Crippen LogP contribution in [0.15, 0.2) is 29.1 Å². The number of carboxylic acids is 1. The summed E-state index contributed by atoms with van der Waals surface area (Å²) in [4.78, 5) is 42.4. The van der Waals surface area contributed by atoms with Crippen LogP contribution in [0.3, 0.4) is 0 Å². The van der Waals surface area contributed by atoms with E-state index in [1.54, 1.807) is 32.1 Å². The van der Waals surface area contributed by atoms with Crippen molar-refractivity contribution >= 4 is 17.7 Å². The quantitative estimate of drug-likeness (QED) is 0.732. The Kier molecular flexibility index (Phi) is 4.70. The highest BCUT2D eigenvalue weighted by Crippen LogP contribution is 2.27. The zero-order valence-electron chi connectivity index (χ0n) is 14.4. The molecule has 136 valence electrons. The molecular weight excluding hydrogens is 338 g/mol. The van der Waals surface area contributed by atoms with Crippen molar-refractivity contribution in [2.45, 2.75) is 26.7 Å². The van der Waals surface area contributed by atoms with E-state index in [2.05, 4.69) is 20.4 Å². The topological polar surface area (TPSA) is 133 Å². The molecule has 0 aliphatic heterocycles. The Morgan fingerprint density at radius 2 is 1.88 bits per heavy atom. The number of aromatic amines is 1. The lowest BCUT2D eigenvalue weighted by molar-refractivity contribution is -0.313. The molecule has 1 aliphatic carbocycles. The van der Waals surface area contributed by atoms with E-state index in [1.807, 2.05) is 0 Å². The Hall–Kier alpha value is -3.23. The van der Waals surface area contributed by atoms with Gasteiger partial charge in [0.1, 0.15) is 5.82 Å². The second-order valence-corrected chi connectivity index (χ2v) is 6.26. The van der Waals surface area contributed by atoms with Gasteiger partial charge in [0.15, 0.2) is 0 Å². The minimum absolute atomic E-state index is 0.165. The first-order valence-electron chi connectivity index (χ1n) is 8.17. The summed E-state index contributed by atoms with van der Waals surface area (Å²) in [5.74, 6) is -2.84. The van der Waals surface area contributed by atoms with Crippen LogP contribution in [0.1, 0.15) is 24.2 Å². The average molecular weight is 356 g/mol. The van der Waals surface area contributed by atoms with Crippen LogP contribution >= 0.6 is 0 Å². The first-order chi connectivity index (χ1) is 12.3. The second kappa shape index (κ2) is 6.95. The number of rotatable bonds is 4. The molecule has 0 saturated carbocycles. The number of carbonyl (C=O) groups is 2. The summed E-state index contributed by atoms with van der Waals surface area (Å²) >= 11 is 0. The molecule has 2 N–H and O–H groups in total. The minimum atomic E-state index is -1.25. The molecule has 0 spiro atoms. The van der Waals surface area contributed by atoms with E-state index < -0.39 is 23.7 Å². The van der Waals surface area contributed by atoms with Crippen molar-refractivity contribution < 1.29 is 14.7 Å². The van der Waals surface area contributed by atoms with Crippen LogP contribution < -0.4 is 16.0 Å². The standard InChI is InChI=1S/C17H19N5O4/c1-9-8-14(23)20-17(18-9)22-13(7-10(2)21-22)19-15(24)11-5-3-4-6-12(11)16(25)26/h3-4,7-8,11-12H,5-6H2,1-2H3,(H,19,24)(H,25,26)(H,18,20,23)/p-1/t11-,12-/m1/s1. The van der Waals surface area contributed by atoms with Gasteiger partial charge >= 0.3 is 0 Å². The van der Waals surface area contributed by atoms with Crippen LogP contribution in [-0.2, 0) is 9.59 Å². The molecule has 1 amide bonds. The van der Waals surface area contributed by atoms with Gasteiger partial charge in [-0.3, -0.25) is 14.6 Å². The number of nitrogens with one attached hydrogen (secondary N) is 2. The number of hydrogen-bond donors (Lipinski definition) is 2. The molecule has 0 fully saturated rings. The number of carboxylic acid groups (broad SMARTS) is 1. The minimum Gasteiger partial charge on any atom is -0.550 e. The third-order valence-corrected chi connectivity index (χ3v) is 4.21. The summed E-state index contributed by atoms with van der Waals surface area (Å²) in [5.41, 5.74) is 0.764. The summed E-state index contributed by atoms with van der Waals surface area (Å²) in [6, 6.07) is 2.96. The summed E-state index contributed by atoms with van der Waals surface area (Å²) in [7, 11) is 0. The molecule has 9 nitrogen and oxygen atoms in total. The molecule has 1 aliphatic rings. The number of aromatic nitrogens is 4. The third kappa shape index (κ3) is 3.56. The third-order valence-electron chi connectivity index (χ3n) is 4.21. The number of hydrogen-bond acceptors (Lipinski definition) is 6. The lowest BCUT2D eigenvalue weighted by atomic mass is 9.82. The monoisotopic (exact) mass is 356 g/mol. The maximum Gasteiger partial charge on any atom is 0.252 e. The van der Waals surface area contributed by atoms with E-state index in [4.69, 9.17) is 0 Å². The predicted octanol–water partition coefficient (Wildman–Crippen LogP) is -0.157. The summed E-state index contributed by atoms with van der Waals surface area (Å²) in [5, 5.41) is 18.2. The molecule has 2 aromatic rings. The van der Waals surface area contributed by atoms with Gasteiger partial charge in [-0.2, -0.15) is 9.78 Å². The summed E-state index contributed by atoms with van der Waals surface area (Å²) < 4.78 is 1.31. The lowest BCUT2D eigenvalue weighted by Crippen LogP contribution is -2.41. The van der Waals surface area contributed by atoms with Crippen molar-refractivity contribution in [2.75, 3.05) is 5.32 Å². The molecule has 3 rings (SSSR count). The number of aliphatic carboxylic acids is 1. The van der Waals surface area contributed by atoms with Gasteiger partial charge in [0, 0.05) is 29.7 Å². The van der Waals surface area contributed by atoms with E-state index in [-0.39, 0.29) is 17.9 Å². The van der Waals surface area contributed by atoms with Gasteiger partial charge in [-0.1, -0.05) is 12.2 Å². The average Bonchev–Trinajstić information content (AvgIpc) is 2.94. The highest BCUT2D eigenvalue weighted by Gasteiger charge is 2.30. The van der Waals surface area contributed by atoms with Crippen LogP contribution in [0.2, 0.25) is 0 Å². The van der Waals surface area contributed by atoms with Crippen LogP contribution in [0.5, 0.6) is 0 Å². The molecule has 26 heavy (non-hydrogen) atoms. The SMILES string of the molecule is Cc1cc(=O)[nH]c(-n2nc(C)cc2NC(=O)[C@@H]2CC=CC[C@H]2C(=O)[O-])n1. The highest BCUT2D eigenvalue weighted by molar-refractivity contribution is 5.94. The Bertz CT molecular complexity index is 943. The second-order valence-electron chi connectivity index (χ2n) is 6.26. The van der Waals surface area contributed by atoms with Crippen LogP contribution in [0, 0.1) is 25.7 Å². The van der Waals surface area contributed by atoms with Crippen LogP contribution in [0.25, 0.3) is 5.95 Å². The molecule has 0 radical (unpaired) electrons. The molecule has 2 aromatic heterocycles. The van der Waals surface area contributed by atoms with Crippen molar-refractivity contribution in [3.05, 3.63) is 46.0 Å². The first-order valence-corrected chi connectivity index (χ1v) is 8.17. The largest absolute Gasteiger partial charge is 0.550 e. The van der Waals surface area contributed by atoms with E-state index in [1.165, 1.54) is 10.7 Å². The maximum atomic E-state index is 12.6. The highest BCUT2D eigenvalue weighted by atomic mass is 16.4. The van der Waals surface area contributed by atoms with Crippen molar-refractivity contribution in [1.29, 1.82) is 0 Å². The molecule has 0 unspecified atom stereocenters. The van der Waals surface area contributed by atoms with Crippen molar-refractivity contribution in [2.24, 2.45) is 11.8 Å². The Balaban J connectivity index is 1.91. The summed E-state index contributed by atoms with van der Waals surface area (Å²) in [6.07, 6.45) is 4.09. The van der Waals surface area contributed by atoms with E-state index >= 15 is 0 Å². The molecule has 0 saturated heterocycles. The molecule has 2 atom stereocenters. The number of amides is 1. The van der Waals surface area contributed by atoms with Gasteiger partial charge in [-0.15, -0.1) is 0 Å². The predicted molar refractivity (Wildman–Crippen MR) is 90.4 cm³/mol. The Morgan fingerprint density at radius 3 is 2.54 bits per heavy atom. The van der Waals surface area contributed by atoms with E-state index in [0.717, 1.165) is 0 Å². The fourth-order valence-electron chi connectivity index (χ4n) is 3.00. The Morgan fingerprint density at radius 1 is 1.19 bits per heavy atom. The molecule has 9 heteroatoms. The first kappa shape index (κ1) is 17.6. The smallest absolute Gasteiger partial charge is 0.252 e. The number of aryl methyl sites for hydroxylation is 2. The lowest BCUT2D eigenvalue weighted by Gasteiger charge is -2.28. The zero-order chi connectivity index (χ0) is 18.8. The van der Waals surface area contributed by atoms with Gasteiger partial charge in [0.05, 0.1) is 11.6 Å². The molecule has 2 heterocycles. The number of H-pyrrole nitrogens is 1. The molecule has 0 bridgehead atoms. The number of allylic oxidation sites excluding steroid dienone is 2. The fraction of sp³-hybridized carbons (Fsp3) is 0.353. The van der Waals surface area contributed by atoms with E-state index in [0.29, 0.717) is 23.6 Å². The maximum absolute atomic E-state index is 12.6. The van der Waals surface area contributed by atoms with Crippen molar-refractivity contribution in [1.82, 2.24) is 19.7 Å². The number of carbonyl (C=O) groups excluding carboxylic acids is 2. The van der Waals surface area contributed by atoms with Gasteiger partial charge in [-0.05, 0) is 26.7 Å². The zero-order valence-corrected chi connectivity index (χ0v) is 14.4. The Labute approximate surface area is 148 Å². The summed E-state index contributed by atoms with van der Waals surface area (Å²) in [6.45, 7) is 3.40. The molecule has 0 aromatic carbocycles. The van der Waals surface area contributed by atoms with Gasteiger partial charge in [0.2, 0.25) is 11.9 Å². The normalized spacial score (nSPS) is 19.3. The van der Waals surface area contributed by atoms with Crippen molar-refractivity contribution in [3.63, 3.8) is 0 Å². The van der Waals surface area contributed by atoms with Gasteiger partial charge in [-0.25, -0.2) is 4.98 Å². The van der Waals surface area contributed by atoms with Gasteiger partial charge in [0.25, 0.3) is 5.56 Å². The number of anilines is 1. The van der Waals surface area contributed by atoms with E-state index in [9.17, 15) is 19.5 Å².